The van der Waals surface area contributed by atoms with Gasteiger partial charge in [0.15, 0.2) is 0 Å². The maximum Gasteiger partial charge on any atom is 0.417 e. The average molecular weight is 318 g/mol. The van der Waals surface area contributed by atoms with Gasteiger partial charge < -0.3 is 15.0 Å². The first-order chi connectivity index (χ1) is 10.3. The molecule has 1 aromatic heterocycles. The lowest BCUT2D eigenvalue weighted by atomic mass is 9.92. The van der Waals surface area contributed by atoms with Gasteiger partial charge >= 0.3 is 6.18 Å². The number of hydrogen-bond donors (Lipinski definition) is 2. The number of nitrogens with zero attached hydrogens (tertiary/aromatic N) is 1. The summed E-state index contributed by atoms with van der Waals surface area (Å²) in [6.07, 6.45) is -1.67. The second kappa shape index (κ2) is 6.51. The van der Waals surface area contributed by atoms with Crippen LogP contribution in [0.2, 0.25) is 0 Å². The molecule has 0 bridgehead atoms. The normalized spacial score (nSPS) is 22.4. The second-order valence-corrected chi connectivity index (χ2v) is 5.41. The van der Waals surface area contributed by atoms with Gasteiger partial charge in [-0.05, 0) is 18.9 Å². The Balaban J connectivity index is 2.06. The molecule has 1 aliphatic rings. The van der Waals surface area contributed by atoms with E-state index in [1.807, 2.05) is 0 Å². The summed E-state index contributed by atoms with van der Waals surface area (Å²) in [5.41, 5.74) is -1.68. The summed E-state index contributed by atoms with van der Waals surface area (Å²) in [6, 6.07) is 1.05. The predicted molar refractivity (Wildman–Crippen MR) is 72.1 cm³/mol. The number of aliphatic hydroxyl groups is 1. The molecular formula is C14H17F3N2O3. The molecule has 5 nitrogen and oxygen atoms in total. The summed E-state index contributed by atoms with van der Waals surface area (Å²) in [5, 5.41) is 12.3. The molecule has 8 heteroatoms. The van der Waals surface area contributed by atoms with Crippen LogP contribution in [0.1, 0.15) is 31.2 Å². The lowest BCUT2D eigenvalue weighted by Gasteiger charge is -2.28. The third kappa shape index (κ3) is 4.09. The summed E-state index contributed by atoms with van der Waals surface area (Å²) < 4.78 is 38.6. The number of halogens is 3. The highest BCUT2D eigenvalue weighted by molar-refractivity contribution is 5.76. The number of alkyl halides is 3. The Morgan fingerprint density at radius 1 is 1.32 bits per heavy atom. The van der Waals surface area contributed by atoms with E-state index in [4.69, 9.17) is 0 Å². The monoisotopic (exact) mass is 318 g/mol. The van der Waals surface area contributed by atoms with E-state index in [1.165, 1.54) is 0 Å². The number of amides is 1. The molecule has 2 N–H and O–H groups in total. The Morgan fingerprint density at radius 3 is 2.64 bits per heavy atom. The molecular weight excluding hydrogens is 301 g/mol. The molecule has 1 amide bonds. The van der Waals surface area contributed by atoms with Gasteiger partial charge in [-0.3, -0.25) is 9.59 Å². The third-order valence-electron chi connectivity index (χ3n) is 3.70. The number of aromatic nitrogens is 1. The van der Waals surface area contributed by atoms with Crippen molar-refractivity contribution in [1.29, 1.82) is 0 Å². The van der Waals surface area contributed by atoms with Crippen LogP contribution >= 0.6 is 0 Å². The second-order valence-electron chi connectivity index (χ2n) is 5.41. The standard InChI is InChI=1S/C14H17F3N2O3/c15-14(16,17)9-5-6-13(22)19(7-9)8-12(21)18-10-3-1-2-4-11(10)20/h5-7,10-11,20H,1-4,8H2,(H,18,21). The molecule has 22 heavy (non-hydrogen) atoms. The molecule has 122 valence electrons. The highest BCUT2D eigenvalue weighted by Gasteiger charge is 2.31. The zero-order valence-electron chi connectivity index (χ0n) is 11.8. The smallest absolute Gasteiger partial charge is 0.391 e. The van der Waals surface area contributed by atoms with E-state index in [9.17, 15) is 27.9 Å². The highest BCUT2D eigenvalue weighted by atomic mass is 19.4. The fraction of sp³-hybridized carbons (Fsp3) is 0.571. The fourth-order valence-electron chi connectivity index (χ4n) is 2.51. The average Bonchev–Trinajstić information content (AvgIpc) is 2.42. The van der Waals surface area contributed by atoms with Gasteiger partial charge in [-0.15, -0.1) is 0 Å². The van der Waals surface area contributed by atoms with E-state index in [-0.39, 0.29) is 0 Å². The molecule has 0 aromatic carbocycles. The molecule has 0 saturated heterocycles. The summed E-state index contributed by atoms with van der Waals surface area (Å²) in [4.78, 5) is 23.4. The molecule has 2 unspecified atom stereocenters. The van der Waals surface area contributed by atoms with Gasteiger partial charge in [-0.2, -0.15) is 13.2 Å². The number of pyridine rings is 1. The number of nitrogens with one attached hydrogen (secondary N) is 1. The molecule has 1 fully saturated rings. The van der Waals surface area contributed by atoms with Gasteiger partial charge in [0, 0.05) is 12.3 Å². The van der Waals surface area contributed by atoms with Crippen molar-refractivity contribution < 1.29 is 23.1 Å². The van der Waals surface area contributed by atoms with Crippen LogP contribution < -0.4 is 10.9 Å². The number of carbonyl (C=O) groups is 1. The van der Waals surface area contributed by atoms with Crippen molar-refractivity contribution >= 4 is 5.91 Å². The Bertz CT molecular complexity index is 598. The summed E-state index contributed by atoms with van der Waals surface area (Å²) in [5.74, 6) is -0.590. The van der Waals surface area contributed by atoms with Crippen molar-refractivity contribution in [1.82, 2.24) is 9.88 Å². The zero-order valence-corrected chi connectivity index (χ0v) is 11.8. The first-order valence-corrected chi connectivity index (χ1v) is 7.02. The highest BCUT2D eigenvalue weighted by Crippen LogP contribution is 2.28. The van der Waals surface area contributed by atoms with Gasteiger partial charge in [-0.1, -0.05) is 12.8 Å². The lowest BCUT2D eigenvalue weighted by Crippen LogP contribution is -2.46. The lowest BCUT2D eigenvalue weighted by molar-refractivity contribution is -0.138. The fourth-order valence-corrected chi connectivity index (χ4v) is 2.51. The largest absolute Gasteiger partial charge is 0.417 e. The molecule has 1 aromatic rings. The summed E-state index contributed by atoms with van der Waals surface area (Å²) in [7, 11) is 0. The van der Waals surface area contributed by atoms with Crippen LogP contribution in [0, 0.1) is 0 Å². The minimum Gasteiger partial charge on any atom is -0.391 e. The first-order valence-electron chi connectivity index (χ1n) is 7.02. The maximum atomic E-state index is 12.6. The van der Waals surface area contributed by atoms with E-state index in [0.717, 1.165) is 18.9 Å². The van der Waals surface area contributed by atoms with Crippen molar-refractivity contribution in [2.24, 2.45) is 0 Å². The van der Waals surface area contributed by atoms with Gasteiger partial charge in [0.05, 0.1) is 17.7 Å². The number of hydrogen-bond acceptors (Lipinski definition) is 3. The Labute approximate surface area is 124 Å². The van der Waals surface area contributed by atoms with E-state index >= 15 is 0 Å². The Hall–Kier alpha value is -1.83. The topological polar surface area (TPSA) is 71.3 Å². The molecule has 1 aliphatic carbocycles. The minimum absolute atomic E-state index is 0.414. The van der Waals surface area contributed by atoms with Crippen molar-refractivity contribution in [2.45, 2.75) is 50.6 Å². The first kappa shape index (κ1) is 16.5. The summed E-state index contributed by atoms with van der Waals surface area (Å²) in [6.45, 7) is -0.508. The molecule has 1 saturated carbocycles. The van der Waals surface area contributed by atoms with Crippen LogP contribution in [0.25, 0.3) is 0 Å². The Morgan fingerprint density at radius 2 is 2.00 bits per heavy atom. The molecule has 0 radical (unpaired) electrons. The van der Waals surface area contributed by atoms with Crippen LogP contribution in [0.3, 0.4) is 0 Å². The van der Waals surface area contributed by atoms with E-state index in [1.54, 1.807) is 0 Å². The van der Waals surface area contributed by atoms with Gasteiger partial charge in [0.1, 0.15) is 6.54 Å². The van der Waals surface area contributed by atoms with Crippen LogP contribution in [0.15, 0.2) is 23.1 Å². The van der Waals surface area contributed by atoms with E-state index in [0.29, 0.717) is 29.7 Å². The van der Waals surface area contributed by atoms with Crippen LogP contribution in [-0.4, -0.2) is 27.7 Å². The number of aliphatic hydroxyl groups excluding tert-OH is 1. The van der Waals surface area contributed by atoms with Gasteiger partial charge in [0.25, 0.3) is 5.56 Å². The number of carbonyl (C=O) groups excluding carboxylic acids is 1. The molecule has 1 heterocycles. The third-order valence-corrected chi connectivity index (χ3v) is 3.70. The van der Waals surface area contributed by atoms with E-state index in [2.05, 4.69) is 5.32 Å². The molecule has 2 rings (SSSR count). The van der Waals surface area contributed by atoms with Gasteiger partial charge in [0.2, 0.25) is 5.91 Å². The number of rotatable bonds is 3. The molecule has 0 spiro atoms. The van der Waals surface area contributed by atoms with Crippen LogP contribution in [0.5, 0.6) is 0 Å². The quantitative estimate of drug-likeness (QED) is 0.882. The van der Waals surface area contributed by atoms with Crippen molar-refractivity contribution in [2.75, 3.05) is 0 Å². The zero-order chi connectivity index (χ0) is 16.3. The van der Waals surface area contributed by atoms with Crippen molar-refractivity contribution in [3.8, 4) is 0 Å². The molecule has 2 atom stereocenters. The van der Waals surface area contributed by atoms with Crippen molar-refractivity contribution in [3.63, 3.8) is 0 Å². The minimum atomic E-state index is -4.58. The van der Waals surface area contributed by atoms with Crippen LogP contribution in [-0.2, 0) is 17.5 Å². The van der Waals surface area contributed by atoms with Crippen molar-refractivity contribution in [3.05, 3.63) is 34.2 Å². The SMILES string of the molecule is O=C(Cn1cc(C(F)(F)F)ccc1=O)NC1CCCCC1O. The van der Waals surface area contributed by atoms with Gasteiger partial charge in [-0.25, -0.2) is 0 Å². The maximum absolute atomic E-state index is 12.6. The Kier molecular flexibility index (Phi) is 4.90. The van der Waals surface area contributed by atoms with Crippen LogP contribution in [0.4, 0.5) is 13.2 Å². The molecule has 0 aliphatic heterocycles. The predicted octanol–water partition coefficient (Wildman–Crippen LogP) is 1.29. The van der Waals surface area contributed by atoms with E-state index < -0.39 is 41.9 Å². The summed E-state index contributed by atoms with van der Waals surface area (Å²) >= 11 is 0.